The van der Waals surface area contributed by atoms with Gasteiger partial charge in [0.25, 0.3) is 0 Å². The molecule has 8 heteroatoms. The Morgan fingerprint density at radius 2 is 0.746 bits per heavy atom. The van der Waals surface area contributed by atoms with Crippen molar-refractivity contribution in [1.82, 2.24) is 39.0 Å². The quantitative estimate of drug-likeness (QED) is 0.158. The van der Waals surface area contributed by atoms with E-state index in [-0.39, 0.29) is 5.41 Å². The molecule has 0 spiro atoms. The zero-order valence-electron chi connectivity index (χ0n) is 38.9. The normalized spacial score (nSPS) is 12.8. The highest BCUT2D eigenvalue weighted by Crippen LogP contribution is 2.50. The Morgan fingerprint density at radius 3 is 1.35 bits per heavy atom. The molecule has 4 heterocycles. The summed E-state index contributed by atoms with van der Waals surface area (Å²) < 4.78 is 4.63. The summed E-state index contributed by atoms with van der Waals surface area (Å²) in [5.41, 5.74) is 14.5. The van der Waals surface area contributed by atoms with Gasteiger partial charge >= 0.3 is 0 Å². The molecule has 1 aliphatic carbocycles. The van der Waals surface area contributed by atoms with Gasteiger partial charge in [0.2, 0.25) is 5.95 Å². The maximum Gasteiger partial charge on any atom is 0.238 e. The summed E-state index contributed by atoms with van der Waals surface area (Å²) in [6.07, 6.45) is 0. The van der Waals surface area contributed by atoms with Crippen molar-refractivity contribution in [2.45, 2.75) is 19.3 Å². The standard InChI is InChI=1S/C63H42N8/c1-63(2)51-30-15-12-27-45(51)50-38-43(33-36-52(50)63)61-67-59(41-23-10-5-11-24-41)68-62(69-61)71-54-32-17-14-29-47(54)49-35-34-48-46-28-13-16-31-53(46)70(55(48)56(49)71)44-26-18-25-42(37-44)60-65-57(39-19-6-3-7-20-39)64-58(66-60)40-21-8-4-9-22-40/h3-38H,1-2H3. The number of hydrogen-bond acceptors (Lipinski definition) is 6. The lowest BCUT2D eigenvalue weighted by Gasteiger charge is -2.21. The van der Waals surface area contributed by atoms with Gasteiger partial charge in [0.05, 0.1) is 22.1 Å². The Balaban J connectivity index is 1.03. The van der Waals surface area contributed by atoms with E-state index < -0.39 is 0 Å². The molecule has 0 atom stereocenters. The van der Waals surface area contributed by atoms with Crippen molar-refractivity contribution in [3.8, 4) is 79.7 Å². The van der Waals surface area contributed by atoms with E-state index in [1.165, 1.54) is 22.3 Å². The first-order valence-electron chi connectivity index (χ1n) is 24.0. The number of rotatable bonds is 7. The van der Waals surface area contributed by atoms with Crippen LogP contribution in [0.2, 0.25) is 0 Å². The molecule has 0 radical (unpaired) electrons. The third-order valence-corrected chi connectivity index (χ3v) is 14.2. The second kappa shape index (κ2) is 15.8. The number of nitrogens with zero attached hydrogens (tertiary/aromatic N) is 8. The number of benzene rings is 9. The molecule has 0 bridgehead atoms. The number of hydrogen-bond donors (Lipinski definition) is 0. The lowest BCUT2D eigenvalue weighted by Crippen LogP contribution is -2.14. The van der Waals surface area contributed by atoms with Crippen LogP contribution in [-0.4, -0.2) is 39.0 Å². The second-order valence-corrected chi connectivity index (χ2v) is 18.7. The fourth-order valence-electron chi connectivity index (χ4n) is 10.9. The lowest BCUT2D eigenvalue weighted by molar-refractivity contribution is 0.660. The first-order chi connectivity index (χ1) is 35.0. The highest BCUT2D eigenvalue weighted by molar-refractivity contribution is 6.23. The third-order valence-electron chi connectivity index (χ3n) is 14.2. The van der Waals surface area contributed by atoms with Gasteiger partial charge in [0.1, 0.15) is 0 Å². The van der Waals surface area contributed by atoms with E-state index in [2.05, 4.69) is 163 Å². The Morgan fingerprint density at radius 1 is 0.310 bits per heavy atom. The highest BCUT2D eigenvalue weighted by atomic mass is 15.2. The van der Waals surface area contributed by atoms with E-state index in [0.717, 1.165) is 77.1 Å². The van der Waals surface area contributed by atoms with Crippen molar-refractivity contribution in [2.24, 2.45) is 0 Å². The minimum Gasteiger partial charge on any atom is -0.307 e. The van der Waals surface area contributed by atoms with E-state index in [4.69, 9.17) is 29.9 Å². The molecule has 0 fully saturated rings. The zero-order valence-corrected chi connectivity index (χ0v) is 38.9. The summed E-state index contributed by atoms with van der Waals surface area (Å²) in [6.45, 7) is 4.61. The Bertz CT molecular complexity index is 4190. The average molecular weight is 911 g/mol. The largest absolute Gasteiger partial charge is 0.307 e. The van der Waals surface area contributed by atoms with Crippen LogP contribution in [0.15, 0.2) is 218 Å². The molecular weight excluding hydrogens is 869 g/mol. The van der Waals surface area contributed by atoms with Gasteiger partial charge in [0, 0.05) is 60.5 Å². The molecule has 0 saturated heterocycles. The SMILES string of the molecule is CC1(C)c2ccccc2-c2cc(-c3nc(-c4ccccc4)nc(-n4c5ccccc5c5ccc6c7ccccc7n(-c7cccc(-c8nc(-c9ccccc9)nc(-c9ccccc9)n8)c7)c6c54)n3)ccc21. The van der Waals surface area contributed by atoms with Crippen LogP contribution < -0.4 is 0 Å². The summed E-state index contributed by atoms with van der Waals surface area (Å²) >= 11 is 0. The van der Waals surface area contributed by atoms with Gasteiger partial charge in [-0.1, -0.05) is 202 Å². The molecule has 0 N–H and O–H groups in total. The van der Waals surface area contributed by atoms with Crippen LogP contribution in [0.4, 0.5) is 0 Å². The van der Waals surface area contributed by atoms with E-state index in [1.807, 2.05) is 78.9 Å². The molecule has 334 valence electrons. The predicted octanol–water partition coefficient (Wildman–Crippen LogP) is 14.9. The summed E-state index contributed by atoms with van der Waals surface area (Å²) in [7, 11) is 0. The number of fused-ring (bicyclic) bond motifs is 10. The summed E-state index contributed by atoms with van der Waals surface area (Å²) in [4.78, 5) is 31.4. The maximum absolute atomic E-state index is 5.48. The Labute approximate surface area is 409 Å². The van der Waals surface area contributed by atoms with Crippen LogP contribution in [-0.2, 0) is 5.41 Å². The van der Waals surface area contributed by atoms with Gasteiger partial charge in [-0.25, -0.2) is 19.9 Å². The van der Waals surface area contributed by atoms with Crippen LogP contribution in [0.25, 0.3) is 123 Å². The van der Waals surface area contributed by atoms with Gasteiger partial charge < -0.3 is 4.57 Å². The van der Waals surface area contributed by atoms with E-state index in [0.29, 0.717) is 35.1 Å². The van der Waals surface area contributed by atoms with Crippen LogP contribution in [0.1, 0.15) is 25.0 Å². The molecule has 14 rings (SSSR count). The van der Waals surface area contributed by atoms with Gasteiger partial charge in [0.15, 0.2) is 29.1 Å². The van der Waals surface area contributed by atoms with Crippen LogP contribution >= 0.6 is 0 Å². The topological polar surface area (TPSA) is 87.2 Å². The molecule has 8 nitrogen and oxygen atoms in total. The molecule has 9 aromatic carbocycles. The summed E-state index contributed by atoms with van der Waals surface area (Å²) in [6, 6.07) is 76.1. The van der Waals surface area contributed by atoms with Crippen LogP contribution in [0.3, 0.4) is 0 Å². The maximum atomic E-state index is 5.48. The fourth-order valence-corrected chi connectivity index (χ4v) is 10.9. The van der Waals surface area contributed by atoms with Crippen molar-refractivity contribution in [2.75, 3.05) is 0 Å². The first kappa shape index (κ1) is 40.6. The molecular formula is C63H42N8. The minimum absolute atomic E-state index is 0.127. The monoisotopic (exact) mass is 910 g/mol. The van der Waals surface area contributed by atoms with Crippen LogP contribution in [0.5, 0.6) is 0 Å². The molecule has 4 aromatic heterocycles. The van der Waals surface area contributed by atoms with Gasteiger partial charge in [-0.2, -0.15) is 9.97 Å². The van der Waals surface area contributed by atoms with Crippen molar-refractivity contribution in [3.63, 3.8) is 0 Å². The van der Waals surface area contributed by atoms with E-state index in [1.54, 1.807) is 0 Å². The Hall–Kier alpha value is -9.40. The fraction of sp³-hybridized carbons (Fsp3) is 0.0476. The minimum atomic E-state index is -0.127. The third kappa shape index (κ3) is 6.45. The van der Waals surface area contributed by atoms with Crippen molar-refractivity contribution < 1.29 is 0 Å². The second-order valence-electron chi connectivity index (χ2n) is 18.7. The van der Waals surface area contributed by atoms with Crippen LogP contribution in [0, 0.1) is 0 Å². The van der Waals surface area contributed by atoms with E-state index in [9.17, 15) is 0 Å². The molecule has 1 aliphatic rings. The van der Waals surface area contributed by atoms with Gasteiger partial charge in [-0.3, -0.25) is 4.57 Å². The zero-order chi connectivity index (χ0) is 47.2. The number of aromatic nitrogens is 8. The van der Waals surface area contributed by atoms with Crippen molar-refractivity contribution in [3.05, 3.63) is 230 Å². The van der Waals surface area contributed by atoms with Gasteiger partial charge in [-0.15, -0.1) is 0 Å². The van der Waals surface area contributed by atoms with Crippen molar-refractivity contribution in [1.29, 1.82) is 0 Å². The van der Waals surface area contributed by atoms with Gasteiger partial charge in [-0.05, 0) is 52.6 Å². The Kier molecular flexibility index (Phi) is 9.06. The lowest BCUT2D eigenvalue weighted by atomic mass is 9.82. The number of para-hydroxylation sites is 2. The molecule has 0 aliphatic heterocycles. The smallest absolute Gasteiger partial charge is 0.238 e. The average Bonchev–Trinajstić information content (AvgIpc) is 4.04. The van der Waals surface area contributed by atoms with E-state index >= 15 is 0 Å². The first-order valence-corrected chi connectivity index (χ1v) is 24.0. The summed E-state index contributed by atoms with van der Waals surface area (Å²) in [5.74, 6) is 3.55. The molecule has 0 unspecified atom stereocenters. The summed E-state index contributed by atoms with van der Waals surface area (Å²) in [5, 5.41) is 4.43. The highest BCUT2D eigenvalue weighted by Gasteiger charge is 2.35. The molecule has 0 amide bonds. The molecule has 0 saturated carbocycles. The predicted molar refractivity (Wildman–Crippen MR) is 287 cm³/mol. The molecule has 13 aromatic rings. The molecule has 71 heavy (non-hydrogen) atoms. The van der Waals surface area contributed by atoms with Crippen molar-refractivity contribution >= 4 is 43.6 Å².